The average Bonchev–Trinajstić information content (AvgIpc) is 2.64. The van der Waals surface area contributed by atoms with E-state index >= 15 is 0 Å². The van der Waals surface area contributed by atoms with Crippen molar-refractivity contribution < 1.29 is 4.79 Å². The van der Waals surface area contributed by atoms with Gasteiger partial charge in [0.2, 0.25) is 0 Å². The largest absolute Gasteiger partial charge is 0.294 e. The van der Waals surface area contributed by atoms with E-state index in [0.29, 0.717) is 22.0 Å². The molecule has 0 fully saturated rings. The first-order valence-corrected chi connectivity index (χ1v) is 10.4. The summed E-state index contributed by atoms with van der Waals surface area (Å²) in [5.41, 5.74) is 1.80. The maximum Gasteiger partial charge on any atom is 0.164 e. The van der Waals surface area contributed by atoms with E-state index < -0.39 is 0 Å². The third-order valence-corrected chi connectivity index (χ3v) is 6.39. The van der Waals surface area contributed by atoms with Crippen molar-refractivity contribution in [2.45, 2.75) is 16.6 Å². The Labute approximate surface area is 175 Å². The monoisotopic (exact) mass is 464 g/mol. The van der Waals surface area contributed by atoms with E-state index in [4.69, 9.17) is 23.2 Å². The second kappa shape index (κ2) is 9.09. The maximum absolute atomic E-state index is 12.8. The SMILES string of the molecule is O=C(CC(Sc1ccc(Cl)cc1Cl)c1ccccc1)c1ccc(Br)cc1. The van der Waals surface area contributed by atoms with Gasteiger partial charge in [-0.05, 0) is 35.9 Å². The van der Waals surface area contributed by atoms with Gasteiger partial charge in [0.1, 0.15) is 0 Å². The molecule has 0 amide bonds. The summed E-state index contributed by atoms with van der Waals surface area (Å²) in [6.45, 7) is 0. The lowest BCUT2D eigenvalue weighted by molar-refractivity contribution is 0.0982. The van der Waals surface area contributed by atoms with E-state index in [9.17, 15) is 4.79 Å². The van der Waals surface area contributed by atoms with Crippen LogP contribution in [0.2, 0.25) is 10.0 Å². The van der Waals surface area contributed by atoms with Crippen LogP contribution in [0.15, 0.2) is 82.2 Å². The van der Waals surface area contributed by atoms with Gasteiger partial charge in [-0.3, -0.25) is 4.79 Å². The fraction of sp³-hybridized carbons (Fsp3) is 0.0952. The molecule has 0 heterocycles. The smallest absolute Gasteiger partial charge is 0.164 e. The lowest BCUT2D eigenvalue weighted by Crippen LogP contribution is -2.05. The second-order valence-corrected chi connectivity index (χ2v) is 8.73. The molecule has 0 aliphatic carbocycles. The van der Waals surface area contributed by atoms with Gasteiger partial charge in [-0.25, -0.2) is 0 Å². The summed E-state index contributed by atoms with van der Waals surface area (Å²) in [5, 5.41) is 1.16. The molecule has 0 saturated carbocycles. The molecule has 1 unspecified atom stereocenters. The van der Waals surface area contributed by atoms with Crippen LogP contribution in [-0.2, 0) is 0 Å². The normalized spacial score (nSPS) is 12.0. The minimum Gasteiger partial charge on any atom is -0.294 e. The molecule has 0 aromatic heterocycles. The molecule has 0 N–H and O–H groups in total. The summed E-state index contributed by atoms with van der Waals surface area (Å²) in [7, 11) is 0. The van der Waals surface area contributed by atoms with Crippen LogP contribution in [0.3, 0.4) is 0 Å². The number of carbonyl (C=O) groups excluding carboxylic acids is 1. The first-order valence-electron chi connectivity index (χ1n) is 7.98. The summed E-state index contributed by atoms with van der Waals surface area (Å²) in [4.78, 5) is 13.7. The predicted molar refractivity (Wildman–Crippen MR) is 115 cm³/mol. The number of hydrogen-bond donors (Lipinski definition) is 0. The average molecular weight is 466 g/mol. The van der Waals surface area contributed by atoms with Gasteiger partial charge in [0.15, 0.2) is 5.78 Å². The highest BCUT2D eigenvalue weighted by molar-refractivity contribution is 9.10. The molecule has 0 bridgehead atoms. The lowest BCUT2D eigenvalue weighted by Gasteiger charge is -2.17. The fourth-order valence-corrected chi connectivity index (χ4v) is 4.50. The van der Waals surface area contributed by atoms with Gasteiger partial charge in [-0.2, -0.15) is 0 Å². The van der Waals surface area contributed by atoms with Crippen molar-refractivity contribution in [1.82, 2.24) is 0 Å². The van der Waals surface area contributed by atoms with Gasteiger partial charge in [-0.15, -0.1) is 11.8 Å². The van der Waals surface area contributed by atoms with Crippen molar-refractivity contribution in [3.8, 4) is 0 Å². The summed E-state index contributed by atoms with van der Waals surface area (Å²) >= 11 is 17.3. The zero-order valence-electron chi connectivity index (χ0n) is 13.7. The predicted octanol–water partition coefficient (Wildman–Crippen LogP) is 7.86. The Morgan fingerprint density at radius 2 is 1.65 bits per heavy atom. The first-order chi connectivity index (χ1) is 12.5. The highest BCUT2D eigenvalue weighted by Crippen LogP contribution is 2.42. The minimum absolute atomic E-state index is 0.0361. The van der Waals surface area contributed by atoms with Crippen LogP contribution < -0.4 is 0 Å². The number of halogens is 3. The Kier molecular flexibility index (Phi) is 6.82. The van der Waals surface area contributed by atoms with Gasteiger partial charge in [0, 0.05) is 31.6 Å². The number of hydrogen-bond acceptors (Lipinski definition) is 2. The van der Waals surface area contributed by atoms with Gasteiger partial charge >= 0.3 is 0 Å². The molecule has 0 aliphatic rings. The van der Waals surface area contributed by atoms with E-state index in [-0.39, 0.29) is 11.0 Å². The van der Waals surface area contributed by atoms with Crippen LogP contribution in [0.5, 0.6) is 0 Å². The summed E-state index contributed by atoms with van der Waals surface area (Å²) in [6.07, 6.45) is 0.384. The third kappa shape index (κ3) is 5.14. The molecule has 3 aromatic rings. The van der Waals surface area contributed by atoms with E-state index in [1.165, 1.54) is 0 Å². The second-order valence-electron chi connectivity index (χ2n) is 5.73. The number of rotatable bonds is 6. The summed E-state index contributed by atoms with van der Waals surface area (Å²) in [6, 6.07) is 22.9. The van der Waals surface area contributed by atoms with Crippen LogP contribution >= 0.6 is 50.9 Å². The molecule has 0 saturated heterocycles. The molecule has 132 valence electrons. The number of thioether (sulfide) groups is 1. The van der Waals surface area contributed by atoms with Gasteiger partial charge in [0.25, 0.3) is 0 Å². The number of ketones is 1. The highest BCUT2D eigenvalue weighted by atomic mass is 79.9. The summed E-state index contributed by atoms with van der Waals surface area (Å²) in [5.74, 6) is 0.101. The first kappa shape index (κ1) is 19.5. The molecule has 3 aromatic carbocycles. The Morgan fingerprint density at radius 3 is 2.31 bits per heavy atom. The Balaban J connectivity index is 1.86. The van der Waals surface area contributed by atoms with Crippen molar-refractivity contribution in [1.29, 1.82) is 0 Å². The molecular formula is C21H15BrCl2OS. The molecule has 1 atom stereocenters. The van der Waals surface area contributed by atoms with E-state index in [1.54, 1.807) is 17.8 Å². The van der Waals surface area contributed by atoms with Crippen LogP contribution in [-0.4, -0.2) is 5.78 Å². The molecule has 26 heavy (non-hydrogen) atoms. The minimum atomic E-state index is -0.0361. The van der Waals surface area contributed by atoms with Crippen molar-refractivity contribution in [3.05, 3.63) is 98.4 Å². The zero-order chi connectivity index (χ0) is 18.5. The highest BCUT2D eigenvalue weighted by Gasteiger charge is 2.20. The molecule has 3 rings (SSSR count). The van der Waals surface area contributed by atoms with Crippen LogP contribution in [0, 0.1) is 0 Å². The molecule has 5 heteroatoms. The lowest BCUT2D eigenvalue weighted by atomic mass is 10.0. The zero-order valence-corrected chi connectivity index (χ0v) is 17.6. The van der Waals surface area contributed by atoms with E-state index in [1.807, 2.05) is 66.7 Å². The quantitative estimate of drug-likeness (QED) is 0.272. The van der Waals surface area contributed by atoms with E-state index in [2.05, 4.69) is 15.9 Å². The number of Topliss-reactive ketones (excluding diaryl/α,β-unsaturated/α-hetero) is 1. The van der Waals surface area contributed by atoms with Crippen molar-refractivity contribution >= 4 is 56.7 Å². The van der Waals surface area contributed by atoms with Crippen LogP contribution in [0.4, 0.5) is 0 Å². The molecule has 0 spiro atoms. The Hall–Kier alpha value is -1.26. The van der Waals surface area contributed by atoms with Crippen LogP contribution in [0.25, 0.3) is 0 Å². The van der Waals surface area contributed by atoms with Gasteiger partial charge < -0.3 is 0 Å². The van der Waals surface area contributed by atoms with Crippen molar-refractivity contribution in [2.24, 2.45) is 0 Å². The fourth-order valence-electron chi connectivity index (χ4n) is 2.54. The number of benzene rings is 3. The topological polar surface area (TPSA) is 17.1 Å². The standard InChI is InChI=1S/C21H15BrCl2OS/c22-16-8-6-14(7-9-16)19(25)13-21(15-4-2-1-3-5-15)26-20-11-10-17(23)12-18(20)24/h1-12,21H,13H2. The molecular weight excluding hydrogens is 451 g/mol. The van der Waals surface area contributed by atoms with Crippen molar-refractivity contribution in [3.63, 3.8) is 0 Å². The Morgan fingerprint density at radius 1 is 0.962 bits per heavy atom. The molecule has 1 nitrogen and oxygen atoms in total. The van der Waals surface area contributed by atoms with Crippen LogP contribution in [0.1, 0.15) is 27.6 Å². The van der Waals surface area contributed by atoms with Gasteiger partial charge in [-0.1, -0.05) is 81.6 Å². The van der Waals surface area contributed by atoms with Gasteiger partial charge in [0.05, 0.1) is 5.02 Å². The van der Waals surface area contributed by atoms with Crippen molar-refractivity contribution in [2.75, 3.05) is 0 Å². The summed E-state index contributed by atoms with van der Waals surface area (Å²) < 4.78 is 0.955. The molecule has 0 radical (unpaired) electrons. The third-order valence-electron chi connectivity index (χ3n) is 3.87. The Bertz CT molecular complexity index is 898. The van der Waals surface area contributed by atoms with E-state index in [0.717, 1.165) is 14.9 Å². The number of carbonyl (C=O) groups is 1. The maximum atomic E-state index is 12.8. The molecule has 0 aliphatic heterocycles.